The number of hydrogen-bond acceptors (Lipinski definition) is 7. The fourth-order valence-corrected chi connectivity index (χ4v) is 2.73. The molecule has 7 nitrogen and oxygen atoms in total. The Morgan fingerprint density at radius 3 is 3.15 bits per heavy atom. The number of rotatable bonds is 4. The first-order chi connectivity index (χ1) is 9.76. The minimum atomic E-state index is -0.106. The molecule has 0 amide bonds. The number of H-pyrrole nitrogens is 1. The molecule has 0 aromatic carbocycles. The minimum absolute atomic E-state index is 0.106. The van der Waals surface area contributed by atoms with Crippen LogP contribution >= 0.6 is 23.1 Å². The standard InChI is InChI=1S/C11H15ClN6OS/c1-2-9-13-11(16-15-9)8-6-18(3-4-19-8)5-7-10(12)20-17-14-7/h8H,2-6H2,1H3,(H,13,15,16)/t8-/m1/s1. The maximum absolute atomic E-state index is 6.04. The summed E-state index contributed by atoms with van der Waals surface area (Å²) in [5.74, 6) is 1.60. The molecular weight excluding hydrogens is 300 g/mol. The Labute approximate surface area is 125 Å². The third-order valence-electron chi connectivity index (χ3n) is 3.21. The largest absolute Gasteiger partial charge is 0.367 e. The molecule has 0 aliphatic carbocycles. The van der Waals surface area contributed by atoms with Crippen LogP contribution in [-0.2, 0) is 17.7 Å². The van der Waals surface area contributed by atoms with Crippen molar-refractivity contribution in [2.45, 2.75) is 26.0 Å². The first-order valence-corrected chi connectivity index (χ1v) is 7.63. The number of morpholine rings is 1. The first kappa shape index (κ1) is 13.9. The van der Waals surface area contributed by atoms with Crippen LogP contribution in [0.25, 0.3) is 0 Å². The molecule has 1 aliphatic heterocycles. The van der Waals surface area contributed by atoms with Crippen LogP contribution in [0.1, 0.15) is 30.4 Å². The summed E-state index contributed by atoms with van der Waals surface area (Å²) in [4.78, 5) is 6.67. The summed E-state index contributed by atoms with van der Waals surface area (Å²) in [6.45, 7) is 4.94. The molecule has 108 valence electrons. The van der Waals surface area contributed by atoms with Crippen molar-refractivity contribution < 1.29 is 4.74 Å². The van der Waals surface area contributed by atoms with Gasteiger partial charge in [0.2, 0.25) is 0 Å². The van der Waals surface area contributed by atoms with E-state index in [1.54, 1.807) is 0 Å². The fourth-order valence-electron chi connectivity index (χ4n) is 2.12. The molecule has 0 radical (unpaired) electrons. The average molecular weight is 315 g/mol. The van der Waals surface area contributed by atoms with Crippen molar-refractivity contribution in [3.05, 3.63) is 21.7 Å². The quantitative estimate of drug-likeness (QED) is 0.920. The van der Waals surface area contributed by atoms with Crippen LogP contribution in [0, 0.1) is 0 Å². The predicted molar refractivity (Wildman–Crippen MR) is 74.6 cm³/mol. The van der Waals surface area contributed by atoms with Crippen LogP contribution < -0.4 is 0 Å². The summed E-state index contributed by atoms with van der Waals surface area (Å²) in [7, 11) is 0. The summed E-state index contributed by atoms with van der Waals surface area (Å²) < 4.78 is 10.3. The van der Waals surface area contributed by atoms with Gasteiger partial charge in [-0.2, -0.15) is 5.10 Å². The van der Waals surface area contributed by atoms with Crippen molar-refractivity contribution in [2.24, 2.45) is 0 Å². The summed E-state index contributed by atoms with van der Waals surface area (Å²) in [5.41, 5.74) is 0.821. The molecule has 1 N–H and O–H groups in total. The van der Waals surface area contributed by atoms with E-state index >= 15 is 0 Å². The van der Waals surface area contributed by atoms with E-state index in [9.17, 15) is 0 Å². The van der Waals surface area contributed by atoms with Crippen LogP contribution in [0.4, 0.5) is 0 Å². The molecule has 1 aliphatic rings. The Bertz CT molecular complexity index is 573. The van der Waals surface area contributed by atoms with Gasteiger partial charge in [0.15, 0.2) is 5.82 Å². The van der Waals surface area contributed by atoms with Crippen LogP contribution in [0.5, 0.6) is 0 Å². The lowest BCUT2D eigenvalue weighted by Crippen LogP contribution is -2.38. The number of nitrogens with one attached hydrogen (secondary N) is 1. The van der Waals surface area contributed by atoms with Crippen molar-refractivity contribution in [3.63, 3.8) is 0 Å². The zero-order valence-corrected chi connectivity index (χ0v) is 12.6. The average Bonchev–Trinajstić information content (AvgIpc) is 3.09. The molecule has 0 saturated carbocycles. The Hall–Kier alpha value is -1.09. The van der Waals surface area contributed by atoms with Crippen LogP contribution in [-0.4, -0.2) is 49.4 Å². The Morgan fingerprint density at radius 2 is 2.45 bits per heavy atom. The number of ether oxygens (including phenoxy) is 1. The maximum Gasteiger partial charge on any atom is 0.180 e. The van der Waals surface area contributed by atoms with Crippen LogP contribution in [0.2, 0.25) is 4.34 Å². The molecule has 1 fully saturated rings. The highest BCUT2D eigenvalue weighted by Gasteiger charge is 2.26. The van der Waals surface area contributed by atoms with E-state index in [1.807, 2.05) is 6.92 Å². The second kappa shape index (κ2) is 6.13. The molecule has 2 aromatic rings. The normalized spacial score (nSPS) is 20.4. The molecule has 1 saturated heterocycles. The number of aromatic nitrogens is 5. The van der Waals surface area contributed by atoms with Gasteiger partial charge >= 0.3 is 0 Å². The van der Waals surface area contributed by atoms with E-state index in [1.165, 1.54) is 11.5 Å². The summed E-state index contributed by atoms with van der Waals surface area (Å²) >= 11 is 7.25. The van der Waals surface area contributed by atoms with Crippen molar-refractivity contribution in [1.29, 1.82) is 0 Å². The third-order valence-corrected chi connectivity index (χ3v) is 4.19. The van der Waals surface area contributed by atoms with E-state index in [0.717, 1.165) is 31.0 Å². The topological polar surface area (TPSA) is 79.8 Å². The Morgan fingerprint density at radius 1 is 1.55 bits per heavy atom. The van der Waals surface area contributed by atoms with E-state index in [0.29, 0.717) is 23.3 Å². The Balaban J connectivity index is 1.65. The van der Waals surface area contributed by atoms with Gasteiger partial charge in [0.1, 0.15) is 22.0 Å². The van der Waals surface area contributed by atoms with Gasteiger partial charge in [0.25, 0.3) is 0 Å². The molecule has 2 aromatic heterocycles. The lowest BCUT2D eigenvalue weighted by Gasteiger charge is -2.30. The van der Waals surface area contributed by atoms with Crippen molar-refractivity contribution in [1.82, 2.24) is 29.7 Å². The first-order valence-electron chi connectivity index (χ1n) is 6.48. The Kier molecular flexibility index (Phi) is 4.25. The zero-order chi connectivity index (χ0) is 13.9. The number of aromatic amines is 1. The second-order valence-electron chi connectivity index (χ2n) is 4.58. The molecule has 3 heterocycles. The number of hydrogen-bond donors (Lipinski definition) is 1. The highest BCUT2D eigenvalue weighted by atomic mass is 35.5. The summed E-state index contributed by atoms with van der Waals surface area (Å²) in [6, 6.07) is 0. The monoisotopic (exact) mass is 314 g/mol. The molecule has 0 bridgehead atoms. The summed E-state index contributed by atoms with van der Waals surface area (Å²) in [6.07, 6.45) is 0.731. The van der Waals surface area contributed by atoms with Gasteiger partial charge in [-0.25, -0.2) is 4.98 Å². The molecule has 1 atom stereocenters. The zero-order valence-electron chi connectivity index (χ0n) is 11.0. The molecule has 9 heteroatoms. The van der Waals surface area contributed by atoms with Gasteiger partial charge < -0.3 is 4.74 Å². The van der Waals surface area contributed by atoms with E-state index in [4.69, 9.17) is 16.3 Å². The fraction of sp³-hybridized carbons (Fsp3) is 0.636. The van der Waals surface area contributed by atoms with Crippen molar-refractivity contribution >= 4 is 23.1 Å². The lowest BCUT2D eigenvalue weighted by atomic mass is 10.2. The molecule has 3 rings (SSSR count). The van der Waals surface area contributed by atoms with E-state index < -0.39 is 0 Å². The lowest BCUT2D eigenvalue weighted by molar-refractivity contribution is -0.0374. The van der Waals surface area contributed by atoms with Gasteiger partial charge in [0.05, 0.1) is 6.61 Å². The number of nitrogens with zero attached hydrogens (tertiary/aromatic N) is 5. The van der Waals surface area contributed by atoms with Gasteiger partial charge in [-0.05, 0) is 0 Å². The molecular formula is C11H15ClN6OS. The highest BCUT2D eigenvalue weighted by molar-refractivity contribution is 7.10. The van der Waals surface area contributed by atoms with Gasteiger partial charge in [-0.1, -0.05) is 23.0 Å². The molecule has 0 spiro atoms. The van der Waals surface area contributed by atoms with Gasteiger partial charge in [-0.15, -0.1) is 5.10 Å². The second-order valence-corrected chi connectivity index (χ2v) is 5.94. The molecule has 0 unspecified atom stereocenters. The minimum Gasteiger partial charge on any atom is -0.367 e. The van der Waals surface area contributed by atoms with Gasteiger partial charge in [-0.3, -0.25) is 10.00 Å². The van der Waals surface area contributed by atoms with Crippen molar-refractivity contribution in [3.8, 4) is 0 Å². The molecule has 20 heavy (non-hydrogen) atoms. The van der Waals surface area contributed by atoms with Crippen LogP contribution in [0.15, 0.2) is 0 Å². The van der Waals surface area contributed by atoms with Gasteiger partial charge in [0, 0.05) is 37.6 Å². The van der Waals surface area contributed by atoms with E-state index in [-0.39, 0.29) is 6.10 Å². The SMILES string of the molecule is CCc1nc([C@H]2CN(Cc3nnsc3Cl)CCO2)n[nH]1. The van der Waals surface area contributed by atoms with E-state index in [2.05, 4.69) is 29.7 Å². The third kappa shape index (κ3) is 2.98. The summed E-state index contributed by atoms with van der Waals surface area (Å²) in [5, 5.41) is 11.2. The van der Waals surface area contributed by atoms with Crippen LogP contribution in [0.3, 0.4) is 0 Å². The number of halogens is 1. The highest BCUT2D eigenvalue weighted by Crippen LogP contribution is 2.23. The smallest absolute Gasteiger partial charge is 0.180 e. The van der Waals surface area contributed by atoms with Crippen molar-refractivity contribution in [2.75, 3.05) is 19.7 Å². The predicted octanol–water partition coefficient (Wildman–Crippen LogP) is 1.45. The maximum atomic E-state index is 6.04. The number of aryl methyl sites for hydroxylation is 1.